The maximum Gasteiger partial charge on any atom is 0.277 e. The Kier molecular flexibility index (Phi) is 6.64. The van der Waals surface area contributed by atoms with Crippen LogP contribution in [-0.2, 0) is 0 Å². The lowest BCUT2D eigenvalue weighted by molar-refractivity contribution is 0.102. The molecule has 0 aliphatic carbocycles. The van der Waals surface area contributed by atoms with Gasteiger partial charge in [0.2, 0.25) is 0 Å². The van der Waals surface area contributed by atoms with E-state index < -0.39 is 0 Å². The molecule has 1 aromatic heterocycles. The molecule has 0 bridgehead atoms. The number of anilines is 1. The summed E-state index contributed by atoms with van der Waals surface area (Å²) in [5.74, 6) is 0.180. The molecule has 0 radical (unpaired) electrons. The number of carbonyl (C=O) groups is 1. The van der Waals surface area contributed by atoms with Crippen LogP contribution in [-0.4, -0.2) is 41.1 Å². The number of benzene rings is 1. The number of amides is 1. The summed E-state index contributed by atoms with van der Waals surface area (Å²) < 4.78 is 7.05. The second-order valence-electron chi connectivity index (χ2n) is 5.82. The highest BCUT2D eigenvalue weighted by molar-refractivity contribution is 6.31. The van der Waals surface area contributed by atoms with Crippen LogP contribution in [0.2, 0.25) is 5.02 Å². The molecule has 0 spiro atoms. The Morgan fingerprint density at radius 2 is 2.12 bits per heavy atom. The van der Waals surface area contributed by atoms with E-state index >= 15 is 0 Å². The third-order valence-corrected chi connectivity index (χ3v) is 4.56. The fourth-order valence-electron chi connectivity index (χ4n) is 2.75. The van der Waals surface area contributed by atoms with E-state index in [1.54, 1.807) is 23.0 Å². The van der Waals surface area contributed by atoms with Crippen molar-refractivity contribution >= 4 is 35.6 Å². The van der Waals surface area contributed by atoms with Crippen molar-refractivity contribution < 1.29 is 9.53 Å². The second kappa shape index (κ2) is 8.51. The first-order valence-corrected chi connectivity index (χ1v) is 8.24. The van der Waals surface area contributed by atoms with Crippen LogP contribution in [0.3, 0.4) is 0 Å². The third-order valence-electron chi connectivity index (χ3n) is 4.15. The molecule has 1 amide bonds. The Morgan fingerprint density at radius 1 is 1.40 bits per heavy atom. The first-order chi connectivity index (χ1) is 11.6. The summed E-state index contributed by atoms with van der Waals surface area (Å²) in [5.41, 5.74) is 1.69. The third kappa shape index (κ3) is 4.42. The summed E-state index contributed by atoms with van der Waals surface area (Å²) in [6, 6.07) is 3.74. The van der Waals surface area contributed by atoms with Gasteiger partial charge in [-0.2, -0.15) is 0 Å². The molecule has 0 saturated carbocycles. The molecule has 9 heteroatoms. The SMILES string of the molecule is COc1cc(Cl)c(C)cc1NC(=O)c1cn(C2CCNCC2)nn1.Cl. The predicted molar refractivity (Wildman–Crippen MR) is 99.1 cm³/mol. The molecule has 2 N–H and O–H groups in total. The van der Waals surface area contributed by atoms with E-state index in [0.717, 1.165) is 31.5 Å². The van der Waals surface area contributed by atoms with Crippen molar-refractivity contribution in [3.8, 4) is 5.75 Å². The lowest BCUT2D eigenvalue weighted by Gasteiger charge is -2.22. The van der Waals surface area contributed by atoms with Gasteiger partial charge in [-0.1, -0.05) is 16.8 Å². The smallest absolute Gasteiger partial charge is 0.277 e. The quantitative estimate of drug-likeness (QED) is 0.845. The summed E-state index contributed by atoms with van der Waals surface area (Å²) in [6.07, 6.45) is 3.66. The maximum atomic E-state index is 12.4. The number of ether oxygens (including phenoxy) is 1. The van der Waals surface area contributed by atoms with E-state index in [0.29, 0.717) is 16.5 Å². The predicted octanol–water partition coefficient (Wildman–Crippen LogP) is 2.85. The average Bonchev–Trinajstić information content (AvgIpc) is 3.09. The van der Waals surface area contributed by atoms with Crippen LogP contribution in [0.15, 0.2) is 18.3 Å². The van der Waals surface area contributed by atoms with Gasteiger partial charge in [0, 0.05) is 11.1 Å². The molecule has 1 fully saturated rings. The molecule has 0 unspecified atom stereocenters. The minimum atomic E-state index is -0.324. The molecule has 2 heterocycles. The van der Waals surface area contributed by atoms with Crippen LogP contribution in [0.5, 0.6) is 5.75 Å². The normalized spacial score (nSPS) is 14.7. The van der Waals surface area contributed by atoms with Gasteiger partial charge in [0.1, 0.15) is 5.75 Å². The number of halogens is 2. The molecule has 2 aromatic rings. The van der Waals surface area contributed by atoms with Crippen molar-refractivity contribution in [2.45, 2.75) is 25.8 Å². The van der Waals surface area contributed by atoms with Crippen molar-refractivity contribution in [1.29, 1.82) is 0 Å². The Hall–Kier alpha value is -1.83. The van der Waals surface area contributed by atoms with E-state index in [4.69, 9.17) is 16.3 Å². The summed E-state index contributed by atoms with van der Waals surface area (Å²) in [5, 5.41) is 14.8. The molecule has 136 valence electrons. The molecular formula is C16H21Cl2N5O2. The summed E-state index contributed by atoms with van der Waals surface area (Å²) >= 11 is 6.08. The molecule has 0 atom stereocenters. The Balaban J connectivity index is 0.00000225. The highest BCUT2D eigenvalue weighted by atomic mass is 35.5. The first-order valence-electron chi connectivity index (χ1n) is 7.86. The van der Waals surface area contributed by atoms with Crippen LogP contribution in [0.1, 0.15) is 34.9 Å². The number of nitrogens with one attached hydrogen (secondary N) is 2. The molecule has 25 heavy (non-hydrogen) atoms. The molecule has 3 rings (SSSR count). The number of rotatable bonds is 4. The van der Waals surface area contributed by atoms with E-state index in [1.165, 1.54) is 7.11 Å². The summed E-state index contributed by atoms with van der Waals surface area (Å²) in [4.78, 5) is 12.4. The molecular weight excluding hydrogens is 365 g/mol. The second-order valence-corrected chi connectivity index (χ2v) is 6.23. The average molecular weight is 386 g/mol. The number of nitrogens with zero attached hydrogens (tertiary/aromatic N) is 3. The van der Waals surface area contributed by atoms with Crippen LogP contribution < -0.4 is 15.4 Å². The molecule has 1 saturated heterocycles. The number of piperidine rings is 1. The van der Waals surface area contributed by atoms with Gasteiger partial charge in [0.05, 0.1) is 25.0 Å². The molecule has 1 aromatic carbocycles. The van der Waals surface area contributed by atoms with Crippen LogP contribution >= 0.6 is 24.0 Å². The van der Waals surface area contributed by atoms with Gasteiger partial charge in [-0.25, -0.2) is 4.68 Å². The van der Waals surface area contributed by atoms with Gasteiger partial charge in [-0.05, 0) is 44.5 Å². The van der Waals surface area contributed by atoms with Crippen molar-refractivity contribution in [3.05, 3.63) is 34.6 Å². The zero-order valence-corrected chi connectivity index (χ0v) is 15.7. The van der Waals surface area contributed by atoms with Crippen molar-refractivity contribution in [2.24, 2.45) is 0 Å². The fourth-order valence-corrected chi connectivity index (χ4v) is 2.90. The highest BCUT2D eigenvalue weighted by Crippen LogP contribution is 2.31. The number of hydrogen-bond donors (Lipinski definition) is 2. The Bertz CT molecular complexity index is 744. The minimum Gasteiger partial charge on any atom is -0.495 e. The Labute approximate surface area is 157 Å². The maximum absolute atomic E-state index is 12.4. The Morgan fingerprint density at radius 3 is 2.80 bits per heavy atom. The van der Waals surface area contributed by atoms with E-state index in [-0.39, 0.29) is 30.0 Å². The molecule has 7 nitrogen and oxygen atoms in total. The molecule has 1 aliphatic heterocycles. The monoisotopic (exact) mass is 385 g/mol. The summed E-state index contributed by atoms with van der Waals surface area (Å²) in [7, 11) is 1.53. The van der Waals surface area contributed by atoms with E-state index in [9.17, 15) is 4.79 Å². The van der Waals surface area contributed by atoms with E-state index in [2.05, 4.69) is 20.9 Å². The minimum absolute atomic E-state index is 0. The first kappa shape index (κ1) is 19.5. The lowest BCUT2D eigenvalue weighted by Crippen LogP contribution is -2.29. The zero-order chi connectivity index (χ0) is 17.1. The number of aromatic nitrogens is 3. The van der Waals surface area contributed by atoms with Crippen molar-refractivity contribution in [2.75, 3.05) is 25.5 Å². The van der Waals surface area contributed by atoms with Gasteiger partial charge < -0.3 is 15.4 Å². The van der Waals surface area contributed by atoms with Crippen LogP contribution in [0.25, 0.3) is 0 Å². The summed E-state index contributed by atoms with van der Waals surface area (Å²) in [6.45, 7) is 3.77. The standard InChI is InChI=1S/C16H20ClN5O2.ClH/c1-10-7-13(15(24-2)8-12(10)17)19-16(23)14-9-22(21-20-14)11-3-5-18-6-4-11;/h7-9,11,18H,3-6H2,1-2H3,(H,19,23);1H. The van der Waals surface area contributed by atoms with Crippen molar-refractivity contribution in [3.63, 3.8) is 0 Å². The number of methoxy groups -OCH3 is 1. The number of carbonyl (C=O) groups excluding carboxylic acids is 1. The van der Waals surface area contributed by atoms with Gasteiger partial charge >= 0.3 is 0 Å². The molecule has 1 aliphatic rings. The van der Waals surface area contributed by atoms with Crippen LogP contribution in [0.4, 0.5) is 5.69 Å². The van der Waals surface area contributed by atoms with Gasteiger partial charge in [0.15, 0.2) is 5.69 Å². The van der Waals surface area contributed by atoms with E-state index in [1.807, 2.05) is 6.92 Å². The number of hydrogen-bond acceptors (Lipinski definition) is 5. The fraction of sp³-hybridized carbons (Fsp3) is 0.438. The number of aryl methyl sites for hydroxylation is 1. The van der Waals surface area contributed by atoms with Gasteiger partial charge in [-0.15, -0.1) is 17.5 Å². The van der Waals surface area contributed by atoms with Crippen molar-refractivity contribution in [1.82, 2.24) is 20.3 Å². The lowest BCUT2D eigenvalue weighted by atomic mass is 10.1. The highest BCUT2D eigenvalue weighted by Gasteiger charge is 2.19. The van der Waals surface area contributed by atoms with Gasteiger partial charge in [-0.3, -0.25) is 4.79 Å². The zero-order valence-electron chi connectivity index (χ0n) is 14.1. The van der Waals surface area contributed by atoms with Crippen LogP contribution in [0, 0.1) is 6.92 Å². The largest absolute Gasteiger partial charge is 0.495 e. The topological polar surface area (TPSA) is 81.1 Å². The van der Waals surface area contributed by atoms with Gasteiger partial charge in [0.25, 0.3) is 5.91 Å².